The molecule has 2 saturated heterocycles. The lowest BCUT2D eigenvalue weighted by atomic mass is 9.84. The van der Waals surface area contributed by atoms with Gasteiger partial charge >= 0.3 is 6.09 Å². The lowest BCUT2D eigenvalue weighted by Crippen LogP contribution is -2.49. The predicted octanol–water partition coefficient (Wildman–Crippen LogP) is 4.30. The quantitative estimate of drug-likeness (QED) is 0.386. The van der Waals surface area contributed by atoms with Gasteiger partial charge < -0.3 is 24.2 Å². The van der Waals surface area contributed by atoms with Gasteiger partial charge in [0.25, 0.3) is 0 Å². The van der Waals surface area contributed by atoms with Gasteiger partial charge in [0, 0.05) is 81.6 Å². The van der Waals surface area contributed by atoms with Gasteiger partial charge in [-0.25, -0.2) is 9.31 Å². The number of nitrogens with zero attached hydrogens (tertiary/aromatic N) is 7. The first-order valence-corrected chi connectivity index (χ1v) is 14.3. The van der Waals surface area contributed by atoms with E-state index in [1.54, 1.807) is 11.1 Å². The van der Waals surface area contributed by atoms with Gasteiger partial charge in [-0.3, -0.25) is 4.98 Å². The number of hydrogen-bond donors (Lipinski definition) is 0. The summed E-state index contributed by atoms with van der Waals surface area (Å²) in [4.78, 5) is 23.6. The summed E-state index contributed by atoms with van der Waals surface area (Å²) < 4.78 is 13.5. The van der Waals surface area contributed by atoms with E-state index in [1.807, 2.05) is 29.0 Å². The summed E-state index contributed by atoms with van der Waals surface area (Å²) in [5.41, 5.74) is 4.84. The highest BCUT2D eigenvalue weighted by molar-refractivity contribution is 5.79. The molecule has 40 heavy (non-hydrogen) atoms. The van der Waals surface area contributed by atoms with E-state index in [0.29, 0.717) is 38.8 Å². The SMILES string of the molecule is CCOC1(c2ccc(-c3cc4c(N5CCN(C(=O)OCCC#N)CC5)ccnn4c3)nc2)CCN(C(C)C)CC1. The fraction of sp³-hybridized carbons (Fsp3) is 0.533. The number of carbonyl (C=O) groups excluding carboxylic acids is 1. The third-order valence-corrected chi connectivity index (χ3v) is 8.15. The number of pyridine rings is 1. The van der Waals surface area contributed by atoms with Crippen LogP contribution >= 0.6 is 0 Å². The molecule has 3 aromatic heterocycles. The monoisotopic (exact) mass is 545 g/mol. The molecule has 0 aliphatic carbocycles. The first-order valence-electron chi connectivity index (χ1n) is 14.3. The zero-order valence-electron chi connectivity index (χ0n) is 23.8. The van der Waals surface area contributed by atoms with Crippen molar-refractivity contribution in [1.82, 2.24) is 24.4 Å². The van der Waals surface area contributed by atoms with E-state index in [2.05, 4.69) is 53.9 Å². The van der Waals surface area contributed by atoms with Crippen molar-refractivity contribution in [3.05, 3.63) is 48.4 Å². The fourth-order valence-corrected chi connectivity index (χ4v) is 5.84. The Morgan fingerprint density at radius 3 is 2.55 bits per heavy atom. The molecule has 2 fully saturated rings. The van der Waals surface area contributed by atoms with Crippen LogP contribution in [-0.4, -0.2) is 89.0 Å². The molecule has 3 aromatic rings. The highest BCUT2D eigenvalue weighted by Crippen LogP contribution is 2.38. The topological polar surface area (TPSA) is 99.2 Å². The Morgan fingerprint density at radius 1 is 1.12 bits per heavy atom. The summed E-state index contributed by atoms with van der Waals surface area (Å²) in [5, 5.41) is 13.2. The van der Waals surface area contributed by atoms with Crippen LogP contribution in [-0.2, 0) is 15.1 Å². The maximum atomic E-state index is 12.3. The normalized spacial score (nSPS) is 17.8. The van der Waals surface area contributed by atoms with Crippen LogP contribution in [0.25, 0.3) is 16.8 Å². The van der Waals surface area contributed by atoms with Gasteiger partial charge in [-0.1, -0.05) is 6.07 Å². The zero-order chi connectivity index (χ0) is 28.1. The number of piperidine rings is 1. The Labute approximate surface area is 236 Å². The smallest absolute Gasteiger partial charge is 0.409 e. The van der Waals surface area contributed by atoms with Crippen LogP contribution in [0.15, 0.2) is 42.9 Å². The number of rotatable bonds is 8. The molecule has 0 spiro atoms. The predicted molar refractivity (Wildman–Crippen MR) is 153 cm³/mol. The third kappa shape index (κ3) is 5.76. The minimum absolute atomic E-state index is 0.131. The molecule has 212 valence electrons. The van der Waals surface area contributed by atoms with E-state index in [4.69, 9.17) is 19.7 Å². The molecule has 0 radical (unpaired) electrons. The molecule has 10 heteroatoms. The van der Waals surface area contributed by atoms with Gasteiger partial charge in [-0.05, 0) is 51.8 Å². The molecule has 5 heterocycles. The summed E-state index contributed by atoms with van der Waals surface area (Å²) in [6.07, 6.45) is 7.60. The van der Waals surface area contributed by atoms with Gasteiger partial charge in [-0.2, -0.15) is 10.4 Å². The molecule has 0 N–H and O–H groups in total. The number of nitriles is 1. The molecule has 0 bridgehead atoms. The summed E-state index contributed by atoms with van der Waals surface area (Å²) in [7, 11) is 0. The molecule has 0 saturated carbocycles. The van der Waals surface area contributed by atoms with E-state index in [1.165, 1.54) is 0 Å². The summed E-state index contributed by atoms with van der Waals surface area (Å²) in [5.74, 6) is 0. The highest BCUT2D eigenvalue weighted by Gasteiger charge is 2.37. The van der Waals surface area contributed by atoms with Crippen molar-refractivity contribution in [3.63, 3.8) is 0 Å². The van der Waals surface area contributed by atoms with E-state index >= 15 is 0 Å². The minimum Gasteiger partial charge on any atom is -0.448 e. The van der Waals surface area contributed by atoms with Gasteiger partial charge in [0.05, 0.1) is 35.0 Å². The highest BCUT2D eigenvalue weighted by atomic mass is 16.6. The van der Waals surface area contributed by atoms with E-state index in [9.17, 15) is 4.79 Å². The van der Waals surface area contributed by atoms with Crippen LogP contribution in [0.5, 0.6) is 0 Å². The van der Waals surface area contributed by atoms with E-state index < -0.39 is 0 Å². The Balaban J connectivity index is 1.30. The summed E-state index contributed by atoms with van der Waals surface area (Å²) in [6.45, 7) is 11.9. The molecule has 0 atom stereocenters. The Kier molecular flexibility index (Phi) is 8.52. The fourth-order valence-electron chi connectivity index (χ4n) is 5.84. The largest absolute Gasteiger partial charge is 0.448 e. The zero-order valence-corrected chi connectivity index (χ0v) is 23.8. The number of aromatic nitrogens is 3. The second-order valence-corrected chi connectivity index (χ2v) is 10.8. The second-order valence-electron chi connectivity index (χ2n) is 10.8. The van der Waals surface area contributed by atoms with Crippen molar-refractivity contribution in [2.24, 2.45) is 0 Å². The average Bonchev–Trinajstić information content (AvgIpc) is 3.43. The Morgan fingerprint density at radius 2 is 1.90 bits per heavy atom. The van der Waals surface area contributed by atoms with Crippen molar-refractivity contribution in [3.8, 4) is 17.3 Å². The van der Waals surface area contributed by atoms with Crippen LogP contribution in [0.4, 0.5) is 10.5 Å². The third-order valence-electron chi connectivity index (χ3n) is 8.15. The van der Waals surface area contributed by atoms with E-state index in [0.717, 1.165) is 54.0 Å². The average molecular weight is 546 g/mol. The van der Waals surface area contributed by atoms with Crippen molar-refractivity contribution in [1.29, 1.82) is 5.26 Å². The van der Waals surface area contributed by atoms with Crippen LogP contribution in [0.1, 0.15) is 45.6 Å². The van der Waals surface area contributed by atoms with Gasteiger partial charge in [-0.15, -0.1) is 0 Å². The van der Waals surface area contributed by atoms with Crippen LogP contribution in [0, 0.1) is 11.3 Å². The lowest BCUT2D eigenvalue weighted by molar-refractivity contribution is -0.0888. The van der Waals surface area contributed by atoms with Crippen molar-refractivity contribution < 1.29 is 14.3 Å². The Bertz CT molecular complexity index is 1330. The molecule has 2 aliphatic heterocycles. The molecule has 2 aliphatic rings. The number of fused-ring (bicyclic) bond motifs is 1. The number of carbonyl (C=O) groups is 1. The minimum atomic E-state index is -0.356. The van der Waals surface area contributed by atoms with Crippen molar-refractivity contribution in [2.45, 2.75) is 51.7 Å². The summed E-state index contributed by atoms with van der Waals surface area (Å²) >= 11 is 0. The molecular weight excluding hydrogens is 506 g/mol. The van der Waals surface area contributed by atoms with E-state index in [-0.39, 0.29) is 24.7 Å². The second kappa shape index (κ2) is 12.2. The van der Waals surface area contributed by atoms with Gasteiger partial charge in [0.15, 0.2) is 0 Å². The first-order chi connectivity index (χ1) is 19.4. The maximum Gasteiger partial charge on any atom is 0.409 e. The lowest BCUT2D eigenvalue weighted by Gasteiger charge is -2.43. The first kappa shape index (κ1) is 27.9. The standard InChI is InChI=1S/C30H39N7O3/c1-4-40-30(9-13-34(14-10-30)23(2)3)25-6-7-26(32-21-25)24-20-28-27(8-12-33-37(28)22-24)35-15-17-36(18-16-35)29(38)39-19-5-11-31/h6-8,12,20-23H,4-5,9-10,13-19H2,1-3H3. The van der Waals surface area contributed by atoms with Crippen LogP contribution < -0.4 is 4.90 Å². The molecule has 5 rings (SSSR count). The number of anilines is 1. The van der Waals surface area contributed by atoms with Crippen LogP contribution in [0.3, 0.4) is 0 Å². The summed E-state index contributed by atoms with van der Waals surface area (Å²) in [6, 6.07) is 11.0. The van der Waals surface area contributed by atoms with Crippen LogP contribution in [0.2, 0.25) is 0 Å². The Hall–Kier alpha value is -3.68. The van der Waals surface area contributed by atoms with Gasteiger partial charge in [0.2, 0.25) is 0 Å². The number of ether oxygens (including phenoxy) is 2. The van der Waals surface area contributed by atoms with Gasteiger partial charge in [0.1, 0.15) is 6.61 Å². The number of likely N-dealkylation sites (tertiary alicyclic amines) is 1. The molecule has 0 unspecified atom stereocenters. The van der Waals surface area contributed by atoms with Crippen molar-refractivity contribution in [2.75, 3.05) is 57.4 Å². The number of hydrogen-bond acceptors (Lipinski definition) is 8. The number of amides is 1. The molecule has 10 nitrogen and oxygen atoms in total. The van der Waals surface area contributed by atoms with Crippen molar-refractivity contribution >= 4 is 17.3 Å². The molecular formula is C30H39N7O3. The molecule has 0 aromatic carbocycles. The maximum absolute atomic E-state index is 12.3. The molecule has 1 amide bonds. The number of piperazine rings is 1.